The molecule has 0 spiro atoms. The normalized spacial score (nSPS) is 25.7. The van der Waals surface area contributed by atoms with Gasteiger partial charge in [-0.05, 0) is 0 Å². The van der Waals surface area contributed by atoms with Gasteiger partial charge < -0.3 is 0 Å². The van der Waals surface area contributed by atoms with Gasteiger partial charge in [0, 0.05) is 0 Å². The number of aliphatic hydroxyl groups is 2. The van der Waals surface area contributed by atoms with E-state index in [2.05, 4.69) is 10.1 Å². The molecule has 1 fully saturated rings. The fourth-order valence-corrected chi connectivity index (χ4v) is 8.30. The Labute approximate surface area is 228 Å². The average Bonchev–Trinajstić information content (AvgIpc) is 3.10. The summed E-state index contributed by atoms with van der Waals surface area (Å²) in [5.41, 5.74) is 2.94. The Balaban J connectivity index is 1.86. The molecule has 1 saturated heterocycles. The number of nitrogens with one attached hydrogen (secondary N) is 1. The van der Waals surface area contributed by atoms with Gasteiger partial charge in [0.15, 0.2) is 0 Å². The van der Waals surface area contributed by atoms with Crippen LogP contribution in [-0.2, 0) is 21.7 Å². The van der Waals surface area contributed by atoms with Gasteiger partial charge in [0.1, 0.15) is 0 Å². The first-order valence-corrected chi connectivity index (χ1v) is 15.1. The molecule has 38 heavy (non-hydrogen) atoms. The van der Waals surface area contributed by atoms with Crippen LogP contribution in [0.4, 0.5) is 10.2 Å². The molecule has 16 heteroatoms. The molecular formula is C22H30FIN4O9P-. The van der Waals surface area contributed by atoms with E-state index in [0.29, 0.717) is 0 Å². The van der Waals surface area contributed by atoms with Gasteiger partial charge in [-0.2, -0.15) is 0 Å². The molecule has 212 valence electrons. The number of alkyl halides is 1. The minimum absolute atomic E-state index is 0.182. The fraction of sp³-hybridized carbons (Fsp3) is 0.500. The molecule has 1 aliphatic heterocycles. The number of anilines is 1. The van der Waals surface area contributed by atoms with Crippen molar-refractivity contribution >= 4 is 19.5 Å². The van der Waals surface area contributed by atoms with Gasteiger partial charge in [0.2, 0.25) is 0 Å². The Morgan fingerprint density at radius 2 is 2.03 bits per heavy atom. The van der Waals surface area contributed by atoms with Crippen molar-refractivity contribution < 1.29 is 62.4 Å². The summed E-state index contributed by atoms with van der Waals surface area (Å²) in [5, 5.41) is 23.6. The number of nitrogens with two attached hydrogens (primary N) is 1. The van der Waals surface area contributed by atoms with Crippen molar-refractivity contribution in [2.75, 3.05) is 12.3 Å². The standard InChI is InChI=1S/C22H30FIN4O9P/c1-12(2)34-19(31)13(3)27-38(33,36-14-8-6-5-7-9-14)37-24-20-22(4,11-29)16(30)18(35-20)28-10-15(23)17(25)26-21(28)32/h5-10,12-13,16,18,20,29-30H,11H2,1-4H3,(H,27,33)(H2,25,26,32)/q-1/t13-,16?,18+,20-,22?,38?/m0/s1. The summed E-state index contributed by atoms with van der Waals surface area (Å²) in [6.45, 7) is 5.60. The van der Waals surface area contributed by atoms with E-state index in [1.165, 1.54) is 26.0 Å². The van der Waals surface area contributed by atoms with Crippen LogP contribution < -0.4 is 42.7 Å². The van der Waals surface area contributed by atoms with E-state index in [0.717, 1.165) is 10.8 Å². The Morgan fingerprint density at radius 1 is 1.37 bits per heavy atom. The summed E-state index contributed by atoms with van der Waals surface area (Å²) in [6, 6.07) is 6.99. The summed E-state index contributed by atoms with van der Waals surface area (Å²) < 4.78 is 49.8. The second kappa shape index (κ2) is 12.4. The van der Waals surface area contributed by atoms with Crippen molar-refractivity contribution in [2.24, 2.45) is 5.41 Å². The molecule has 1 aromatic carbocycles. The molecule has 1 aliphatic rings. The van der Waals surface area contributed by atoms with Crippen molar-refractivity contribution in [1.82, 2.24) is 14.6 Å². The van der Waals surface area contributed by atoms with Crippen LogP contribution in [0.1, 0.15) is 33.9 Å². The zero-order chi connectivity index (χ0) is 28.3. The first-order chi connectivity index (χ1) is 17.8. The Kier molecular flexibility index (Phi) is 9.89. The van der Waals surface area contributed by atoms with Gasteiger partial charge in [-0.15, -0.1) is 0 Å². The number of carbonyl (C=O) groups is 1. The number of rotatable bonds is 11. The molecule has 0 radical (unpaired) electrons. The molecule has 1 aromatic heterocycles. The molecule has 2 heterocycles. The number of ether oxygens (including phenoxy) is 2. The number of nitrogens with zero attached hydrogens (tertiary/aromatic N) is 2. The Bertz CT molecular complexity index is 1240. The SMILES string of the molecule is CC(C)OC(=O)[C@H](C)NP(=O)(O[I-][C@H]1O[C@@H](n2cc(F)c(N)nc2=O)C(O)C1(C)CO)Oc1ccccc1. The van der Waals surface area contributed by atoms with Crippen molar-refractivity contribution in [2.45, 2.75) is 56.3 Å². The number of aromatic nitrogens is 2. The van der Waals surface area contributed by atoms with Crippen LogP contribution in [0.15, 0.2) is 41.3 Å². The summed E-state index contributed by atoms with van der Waals surface area (Å²) in [5.74, 6) is -2.13. The molecule has 0 saturated carbocycles. The monoisotopic (exact) mass is 671 g/mol. The molecule has 6 atom stereocenters. The third kappa shape index (κ3) is 6.89. The molecule has 2 aromatic rings. The van der Waals surface area contributed by atoms with Gasteiger partial charge in [-0.3, -0.25) is 0 Å². The first kappa shape index (κ1) is 30.4. The fourth-order valence-electron chi connectivity index (χ4n) is 3.35. The maximum absolute atomic E-state index is 14.0. The van der Waals surface area contributed by atoms with E-state index in [9.17, 15) is 28.8 Å². The predicted molar refractivity (Wildman–Crippen MR) is 128 cm³/mol. The first-order valence-electron chi connectivity index (χ1n) is 11.4. The summed E-state index contributed by atoms with van der Waals surface area (Å²) in [7, 11) is -4.25. The molecule has 3 unspecified atom stereocenters. The topological polar surface area (TPSA) is 184 Å². The number of esters is 1. The number of para-hydroxylation sites is 1. The van der Waals surface area contributed by atoms with Gasteiger partial charge in [0.25, 0.3) is 0 Å². The third-order valence-electron chi connectivity index (χ3n) is 5.51. The van der Waals surface area contributed by atoms with E-state index in [1.807, 2.05) is 0 Å². The number of nitrogen functional groups attached to an aromatic ring is 1. The van der Waals surface area contributed by atoms with Crippen molar-refractivity contribution in [3.63, 3.8) is 0 Å². The molecule has 3 rings (SSSR count). The quantitative estimate of drug-likeness (QED) is 0.0923. The van der Waals surface area contributed by atoms with Crippen LogP contribution >= 0.6 is 7.75 Å². The van der Waals surface area contributed by atoms with E-state index >= 15 is 0 Å². The third-order valence-corrected chi connectivity index (χ3v) is 11.3. The van der Waals surface area contributed by atoms with Crippen LogP contribution in [0, 0.1) is 11.2 Å². The summed E-state index contributed by atoms with van der Waals surface area (Å²) >= 11 is -1.80. The Hall–Kier alpha value is -2.14. The predicted octanol–water partition coefficient (Wildman–Crippen LogP) is -1.68. The Morgan fingerprint density at radius 3 is 2.63 bits per heavy atom. The minimum atomic E-state index is -4.25. The van der Waals surface area contributed by atoms with Crippen LogP contribution in [0.25, 0.3) is 0 Å². The van der Waals surface area contributed by atoms with Crippen LogP contribution in [0.3, 0.4) is 0 Å². The van der Waals surface area contributed by atoms with Gasteiger partial charge in [-0.1, -0.05) is 0 Å². The number of benzene rings is 1. The molecule has 5 N–H and O–H groups in total. The molecule has 0 bridgehead atoms. The van der Waals surface area contributed by atoms with Crippen LogP contribution in [0.2, 0.25) is 0 Å². The molecule has 13 nitrogen and oxygen atoms in total. The number of hydrogen-bond donors (Lipinski definition) is 4. The number of hydrogen-bond acceptors (Lipinski definition) is 11. The molecular weight excluding hydrogens is 641 g/mol. The second-order valence-electron chi connectivity index (χ2n) is 9.01. The maximum atomic E-state index is 14.0. The van der Waals surface area contributed by atoms with E-state index in [4.69, 9.17) is 22.6 Å². The second-order valence-corrected chi connectivity index (χ2v) is 13.4. The summed E-state index contributed by atoms with van der Waals surface area (Å²) in [6.07, 6.45) is -2.63. The average molecular weight is 671 g/mol. The molecule has 0 aliphatic carbocycles. The number of aliphatic hydroxyl groups excluding tert-OH is 2. The van der Waals surface area contributed by atoms with Crippen molar-refractivity contribution in [3.8, 4) is 5.75 Å². The van der Waals surface area contributed by atoms with Crippen molar-refractivity contribution in [3.05, 3.63) is 52.8 Å². The summed E-state index contributed by atoms with van der Waals surface area (Å²) in [4.78, 5) is 28.0. The van der Waals surface area contributed by atoms with Crippen LogP contribution in [-0.4, -0.2) is 54.7 Å². The van der Waals surface area contributed by atoms with Crippen LogP contribution in [0.5, 0.6) is 5.75 Å². The van der Waals surface area contributed by atoms with Gasteiger partial charge >= 0.3 is 229 Å². The zero-order valence-corrected chi connectivity index (χ0v) is 24.0. The van der Waals surface area contributed by atoms with Gasteiger partial charge in [0.05, 0.1) is 0 Å². The molecule has 0 amide bonds. The number of carbonyl (C=O) groups excluding carboxylic acids is 1. The van der Waals surface area contributed by atoms with Gasteiger partial charge in [-0.25, -0.2) is 0 Å². The van der Waals surface area contributed by atoms with E-state index in [-0.39, 0.29) is 5.75 Å². The van der Waals surface area contributed by atoms with Crippen molar-refractivity contribution in [1.29, 1.82) is 0 Å². The zero-order valence-electron chi connectivity index (χ0n) is 21.0. The number of halogens is 2. The van der Waals surface area contributed by atoms with E-state index < -0.39 is 93.3 Å². The van der Waals surface area contributed by atoms with E-state index in [1.54, 1.807) is 32.0 Å².